The van der Waals surface area contributed by atoms with Gasteiger partial charge in [-0.15, -0.1) is 0 Å². The first-order valence-corrected chi connectivity index (χ1v) is 5.47. The minimum absolute atomic E-state index is 0.0654. The molecule has 0 saturated carbocycles. The number of benzene rings is 1. The molecule has 1 aromatic carbocycles. The maximum absolute atomic E-state index is 11.7. The molecule has 1 heterocycles. The second kappa shape index (κ2) is 4.38. The Morgan fingerprint density at radius 1 is 1.41 bits per heavy atom. The van der Waals surface area contributed by atoms with Gasteiger partial charge in [0.25, 0.3) is 5.91 Å². The fraction of sp³-hybridized carbons (Fsp3) is 0.100. The van der Waals surface area contributed by atoms with Crippen LogP contribution in [0.2, 0.25) is 0 Å². The lowest BCUT2D eigenvalue weighted by Gasteiger charge is -2.03. The molecular formula is C10H9N3O3S. The first kappa shape index (κ1) is 11.3. The number of aryl methyl sites for hydroxylation is 1. The van der Waals surface area contributed by atoms with Gasteiger partial charge in [-0.2, -0.15) is 4.37 Å². The highest BCUT2D eigenvalue weighted by molar-refractivity contribution is 7.09. The van der Waals surface area contributed by atoms with E-state index in [4.69, 9.17) is 5.11 Å². The van der Waals surface area contributed by atoms with Crippen molar-refractivity contribution in [3.63, 3.8) is 0 Å². The molecule has 0 aliphatic heterocycles. The number of aromatic hydroxyl groups is 2. The van der Waals surface area contributed by atoms with Gasteiger partial charge in [0, 0.05) is 17.6 Å². The molecule has 2 aromatic rings. The third kappa shape index (κ3) is 2.51. The van der Waals surface area contributed by atoms with E-state index in [0.717, 1.165) is 17.6 Å². The number of rotatable bonds is 2. The van der Waals surface area contributed by atoms with E-state index in [0.29, 0.717) is 11.0 Å². The molecule has 0 bridgehead atoms. The van der Waals surface area contributed by atoms with E-state index in [1.807, 2.05) is 0 Å². The van der Waals surface area contributed by atoms with E-state index in [2.05, 4.69) is 14.7 Å². The third-order valence-corrected chi connectivity index (χ3v) is 2.70. The Morgan fingerprint density at radius 3 is 2.76 bits per heavy atom. The molecule has 6 nitrogen and oxygen atoms in total. The maximum Gasteiger partial charge on any atom is 0.261 e. The van der Waals surface area contributed by atoms with Crippen molar-refractivity contribution in [3.8, 4) is 11.5 Å². The smallest absolute Gasteiger partial charge is 0.261 e. The van der Waals surface area contributed by atoms with Gasteiger partial charge < -0.3 is 10.2 Å². The number of phenols is 2. The minimum Gasteiger partial charge on any atom is -0.508 e. The number of carbonyl (C=O) groups is 1. The molecule has 0 spiro atoms. The quantitative estimate of drug-likeness (QED) is 0.752. The van der Waals surface area contributed by atoms with Crippen LogP contribution in [0.25, 0.3) is 0 Å². The van der Waals surface area contributed by atoms with Crippen LogP contribution in [-0.4, -0.2) is 25.5 Å². The van der Waals surface area contributed by atoms with Crippen molar-refractivity contribution in [1.82, 2.24) is 9.36 Å². The molecule has 0 atom stereocenters. The fourth-order valence-corrected chi connectivity index (χ4v) is 1.80. The van der Waals surface area contributed by atoms with E-state index in [-0.39, 0.29) is 17.1 Å². The Hall–Kier alpha value is -2.15. The Morgan fingerprint density at radius 2 is 2.18 bits per heavy atom. The molecule has 0 aliphatic rings. The molecule has 7 heteroatoms. The molecule has 1 aromatic heterocycles. The van der Waals surface area contributed by atoms with Gasteiger partial charge in [0.2, 0.25) is 5.13 Å². The summed E-state index contributed by atoms with van der Waals surface area (Å²) < 4.78 is 3.91. The summed E-state index contributed by atoms with van der Waals surface area (Å²) in [7, 11) is 0. The van der Waals surface area contributed by atoms with Crippen LogP contribution in [0.5, 0.6) is 11.5 Å². The summed E-state index contributed by atoms with van der Waals surface area (Å²) in [6.07, 6.45) is 0. The molecule has 0 saturated heterocycles. The molecule has 17 heavy (non-hydrogen) atoms. The average Bonchev–Trinajstić information content (AvgIpc) is 2.63. The van der Waals surface area contributed by atoms with Gasteiger partial charge in [-0.05, 0) is 19.1 Å². The van der Waals surface area contributed by atoms with Crippen LogP contribution < -0.4 is 5.32 Å². The SMILES string of the molecule is Cc1nsc(NC(=O)c2ccc(O)cc2O)n1. The van der Waals surface area contributed by atoms with Crippen molar-refractivity contribution in [2.24, 2.45) is 0 Å². The number of amides is 1. The summed E-state index contributed by atoms with van der Waals surface area (Å²) in [6, 6.07) is 3.74. The Balaban J connectivity index is 2.20. The number of carbonyl (C=O) groups excluding carboxylic acids is 1. The van der Waals surface area contributed by atoms with Crippen molar-refractivity contribution in [2.45, 2.75) is 6.92 Å². The Kier molecular flexibility index (Phi) is 2.92. The molecule has 0 unspecified atom stereocenters. The number of nitrogens with one attached hydrogen (secondary N) is 1. The maximum atomic E-state index is 11.7. The second-order valence-electron chi connectivity index (χ2n) is 3.30. The number of anilines is 1. The monoisotopic (exact) mass is 251 g/mol. The van der Waals surface area contributed by atoms with Crippen molar-refractivity contribution < 1.29 is 15.0 Å². The third-order valence-electron chi connectivity index (χ3n) is 1.97. The van der Waals surface area contributed by atoms with Gasteiger partial charge in [-0.1, -0.05) is 0 Å². The molecule has 0 fully saturated rings. The molecule has 0 aliphatic carbocycles. The number of hydrogen-bond acceptors (Lipinski definition) is 6. The van der Waals surface area contributed by atoms with Crippen molar-refractivity contribution in [1.29, 1.82) is 0 Å². The first-order chi connectivity index (χ1) is 8.06. The highest BCUT2D eigenvalue weighted by atomic mass is 32.1. The molecule has 3 N–H and O–H groups in total. The van der Waals surface area contributed by atoms with E-state index < -0.39 is 5.91 Å². The van der Waals surface area contributed by atoms with Crippen molar-refractivity contribution in [2.75, 3.05) is 5.32 Å². The van der Waals surface area contributed by atoms with Crippen LogP contribution in [0.1, 0.15) is 16.2 Å². The zero-order valence-electron chi connectivity index (χ0n) is 8.84. The van der Waals surface area contributed by atoms with Crippen LogP contribution in [0.15, 0.2) is 18.2 Å². The lowest BCUT2D eigenvalue weighted by molar-refractivity contribution is 0.102. The van der Waals surface area contributed by atoms with Crippen LogP contribution in [0.4, 0.5) is 5.13 Å². The van der Waals surface area contributed by atoms with E-state index >= 15 is 0 Å². The minimum atomic E-state index is -0.501. The summed E-state index contributed by atoms with van der Waals surface area (Å²) in [5.74, 6) is -0.326. The summed E-state index contributed by atoms with van der Waals surface area (Å²) in [5, 5.41) is 21.5. The molecule has 1 amide bonds. The largest absolute Gasteiger partial charge is 0.508 e. The second-order valence-corrected chi connectivity index (χ2v) is 4.05. The zero-order chi connectivity index (χ0) is 12.4. The van der Waals surface area contributed by atoms with Crippen LogP contribution in [0, 0.1) is 6.92 Å². The highest BCUT2D eigenvalue weighted by Gasteiger charge is 2.13. The van der Waals surface area contributed by atoms with Gasteiger partial charge in [0.1, 0.15) is 17.3 Å². The van der Waals surface area contributed by atoms with Gasteiger partial charge in [0.05, 0.1) is 5.56 Å². The fourth-order valence-electron chi connectivity index (χ4n) is 1.22. The molecular weight excluding hydrogens is 242 g/mol. The predicted octanol–water partition coefficient (Wildman–Crippen LogP) is 1.51. The van der Waals surface area contributed by atoms with Gasteiger partial charge >= 0.3 is 0 Å². The lowest BCUT2D eigenvalue weighted by Crippen LogP contribution is -2.11. The van der Waals surface area contributed by atoms with Gasteiger partial charge in [0.15, 0.2) is 0 Å². The van der Waals surface area contributed by atoms with Crippen molar-refractivity contribution >= 4 is 22.6 Å². The number of nitrogens with zero attached hydrogens (tertiary/aromatic N) is 2. The highest BCUT2D eigenvalue weighted by Crippen LogP contribution is 2.23. The average molecular weight is 251 g/mol. The van der Waals surface area contributed by atoms with Gasteiger partial charge in [-0.25, -0.2) is 4.98 Å². The normalized spacial score (nSPS) is 10.2. The number of phenolic OH excluding ortho intramolecular Hbond substituents is 2. The zero-order valence-corrected chi connectivity index (χ0v) is 9.65. The van der Waals surface area contributed by atoms with Crippen LogP contribution in [0.3, 0.4) is 0 Å². The Labute approximate surface area is 101 Å². The molecule has 2 rings (SSSR count). The lowest BCUT2D eigenvalue weighted by atomic mass is 10.2. The summed E-state index contributed by atoms with van der Waals surface area (Å²) in [6.45, 7) is 1.71. The summed E-state index contributed by atoms with van der Waals surface area (Å²) in [4.78, 5) is 15.7. The van der Waals surface area contributed by atoms with Gasteiger partial charge in [-0.3, -0.25) is 10.1 Å². The van der Waals surface area contributed by atoms with E-state index in [1.54, 1.807) is 6.92 Å². The predicted molar refractivity (Wildman–Crippen MR) is 62.4 cm³/mol. The van der Waals surface area contributed by atoms with E-state index in [9.17, 15) is 9.90 Å². The van der Waals surface area contributed by atoms with Crippen molar-refractivity contribution in [3.05, 3.63) is 29.6 Å². The molecule has 88 valence electrons. The standard InChI is InChI=1S/C10H9N3O3S/c1-5-11-10(17-13-5)12-9(16)7-3-2-6(14)4-8(7)15/h2-4,14-15H,1H3,(H,11,12,13,16). The van der Waals surface area contributed by atoms with E-state index in [1.165, 1.54) is 12.1 Å². The van der Waals surface area contributed by atoms with Crippen LogP contribution in [-0.2, 0) is 0 Å². The number of hydrogen-bond donors (Lipinski definition) is 3. The first-order valence-electron chi connectivity index (χ1n) is 4.70. The summed E-state index contributed by atoms with van der Waals surface area (Å²) >= 11 is 1.06. The topological polar surface area (TPSA) is 95.3 Å². The Bertz CT molecular complexity index is 568. The number of aromatic nitrogens is 2. The summed E-state index contributed by atoms with van der Waals surface area (Å²) in [5.41, 5.74) is 0.0654. The molecule has 0 radical (unpaired) electrons. The van der Waals surface area contributed by atoms with Crippen LogP contribution >= 0.6 is 11.5 Å².